The Bertz CT molecular complexity index is 1060. The van der Waals surface area contributed by atoms with E-state index in [1.165, 1.54) is 30.5 Å². The van der Waals surface area contributed by atoms with Crippen LogP contribution in [-0.4, -0.2) is 45.1 Å². The maximum Gasteiger partial charge on any atom is 0.294 e. The van der Waals surface area contributed by atoms with Gasteiger partial charge in [0.1, 0.15) is 5.82 Å². The Morgan fingerprint density at radius 2 is 1.65 bits per heavy atom. The Morgan fingerprint density at radius 3 is 2.16 bits per heavy atom. The molecule has 1 saturated heterocycles. The van der Waals surface area contributed by atoms with Crippen LogP contribution in [0, 0.1) is 6.92 Å². The van der Waals surface area contributed by atoms with E-state index in [-0.39, 0.29) is 4.90 Å². The molecule has 1 fully saturated rings. The van der Waals surface area contributed by atoms with E-state index >= 15 is 0 Å². The number of rotatable bonds is 4. The summed E-state index contributed by atoms with van der Waals surface area (Å²) in [6.07, 6.45) is 2.44. The van der Waals surface area contributed by atoms with E-state index in [2.05, 4.69) is 45.5 Å². The number of hydrogen-bond acceptors (Lipinski definition) is 6. The van der Waals surface area contributed by atoms with Crippen LogP contribution in [0.2, 0.25) is 0 Å². The van der Waals surface area contributed by atoms with Crippen LogP contribution in [0.3, 0.4) is 0 Å². The third kappa shape index (κ3) is 6.53. The highest BCUT2D eigenvalue weighted by Gasteiger charge is 2.22. The lowest BCUT2D eigenvalue weighted by Crippen LogP contribution is -2.33. The van der Waals surface area contributed by atoms with Crippen molar-refractivity contribution in [2.24, 2.45) is 0 Å². The first-order chi connectivity index (χ1) is 14.7. The summed E-state index contributed by atoms with van der Waals surface area (Å²) in [6.45, 7) is 4.06. The van der Waals surface area contributed by atoms with Crippen LogP contribution < -0.4 is 9.80 Å². The number of nitrogens with zero attached hydrogens (tertiary/aromatic N) is 3. The minimum absolute atomic E-state index is 0.0666. The summed E-state index contributed by atoms with van der Waals surface area (Å²) in [5, 5.41) is 3.27. The van der Waals surface area contributed by atoms with Gasteiger partial charge in [-0.1, -0.05) is 48.0 Å². The van der Waals surface area contributed by atoms with Crippen LogP contribution in [0.1, 0.15) is 29.9 Å². The van der Waals surface area contributed by atoms with Gasteiger partial charge >= 0.3 is 0 Å². The van der Waals surface area contributed by atoms with E-state index in [1.807, 2.05) is 21.0 Å². The van der Waals surface area contributed by atoms with Gasteiger partial charge in [0.05, 0.1) is 4.90 Å². The van der Waals surface area contributed by atoms with E-state index in [4.69, 9.17) is 9.54 Å². The first-order valence-electron chi connectivity index (χ1n) is 10.2. The van der Waals surface area contributed by atoms with Gasteiger partial charge in [-0.25, -0.2) is 4.98 Å². The van der Waals surface area contributed by atoms with Gasteiger partial charge in [0, 0.05) is 32.6 Å². The van der Waals surface area contributed by atoms with Crippen molar-refractivity contribution in [3.8, 4) is 0 Å². The third-order valence-electron chi connectivity index (χ3n) is 5.27. The summed E-state index contributed by atoms with van der Waals surface area (Å²) in [7, 11) is 0.0722. The Morgan fingerprint density at radius 1 is 1.03 bits per heavy atom. The topological polar surface area (TPSA) is 73.7 Å². The molecule has 2 heterocycles. The number of aromatic nitrogens is 1. The van der Waals surface area contributed by atoms with Crippen LogP contribution >= 0.6 is 11.3 Å². The maximum atomic E-state index is 10.5. The van der Waals surface area contributed by atoms with Crippen LogP contribution in [0.5, 0.6) is 0 Å². The average molecular weight is 460 g/mol. The number of benzene rings is 2. The molecule has 2 aromatic carbocycles. The number of thiazole rings is 1. The summed E-state index contributed by atoms with van der Waals surface area (Å²) < 4.78 is 29.6. The quantitative estimate of drug-likeness (QED) is 0.563. The molecular formula is C23H29N3O3S2. The van der Waals surface area contributed by atoms with Crippen molar-refractivity contribution >= 4 is 32.4 Å². The Hall–Kier alpha value is -2.42. The number of anilines is 2. The zero-order valence-corrected chi connectivity index (χ0v) is 19.7. The summed E-state index contributed by atoms with van der Waals surface area (Å²) in [4.78, 5) is 9.13. The van der Waals surface area contributed by atoms with Crippen molar-refractivity contribution in [2.45, 2.75) is 30.6 Å². The molecule has 0 amide bonds. The predicted octanol–water partition coefficient (Wildman–Crippen LogP) is 4.83. The molecule has 0 radical (unpaired) electrons. The molecular weight excluding hydrogens is 430 g/mol. The summed E-state index contributed by atoms with van der Waals surface area (Å²) in [5.74, 6) is 1.85. The molecule has 0 bridgehead atoms. The van der Waals surface area contributed by atoms with Gasteiger partial charge < -0.3 is 9.80 Å². The third-order valence-corrected chi connectivity index (χ3v) is 7.14. The van der Waals surface area contributed by atoms with Gasteiger partial charge in [-0.15, -0.1) is 11.3 Å². The molecule has 4 rings (SSSR count). The van der Waals surface area contributed by atoms with Gasteiger partial charge in [0.25, 0.3) is 10.1 Å². The molecule has 6 nitrogen and oxygen atoms in total. The molecule has 3 aromatic rings. The van der Waals surface area contributed by atoms with Gasteiger partial charge in [0.15, 0.2) is 5.13 Å². The van der Waals surface area contributed by atoms with Crippen LogP contribution in [0.15, 0.2) is 64.9 Å². The highest BCUT2D eigenvalue weighted by Crippen LogP contribution is 2.32. The largest absolute Gasteiger partial charge is 0.356 e. The first-order valence-corrected chi connectivity index (χ1v) is 12.5. The molecule has 0 atom stereocenters. The predicted molar refractivity (Wildman–Crippen MR) is 128 cm³/mol. The zero-order valence-electron chi connectivity index (χ0n) is 18.1. The molecule has 31 heavy (non-hydrogen) atoms. The molecule has 0 spiro atoms. The monoisotopic (exact) mass is 459 g/mol. The number of hydrogen-bond donors (Lipinski definition) is 1. The maximum absolute atomic E-state index is 10.5. The van der Waals surface area contributed by atoms with Crippen molar-refractivity contribution in [2.75, 3.05) is 37.0 Å². The van der Waals surface area contributed by atoms with E-state index in [1.54, 1.807) is 23.5 Å². The second-order valence-corrected chi connectivity index (χ2v) is 10.1. The lowest BCUT2D eigenvalue weighted by atomic mass is 9.89. The normalized spacial score (nSPS) is 14.6. The first kappa shape index (κ1) is 23.2. The zero-order chi connectivity index (χ0) is 22.4. The fourth-order valence-electron chi connectivity index (χ4n) is 3.48. The highest BCUT2D eigenvalue weighted by atomic mass is 32.2. The molecule has 1 aliphatic heterocycles. The second-order valence-electron chi connectivity index (χ2n) is 7.84. The summed E-state index contributed by atoms with van der Waals surface area (Å²) in [5.41, 5.74) is 2.44. The Kier molecular flexibility index (Phi) is 7.69. The second kappa shape index (κ2) is 10.3. The molecule has 1 aliphatic rings. The SMILES string of the molecule is CN(C)c1nc(N2CCC(c3ccccc3)CC2)cs1.Cc1ccc(S(=O)(=O)O)cc1. The van der Waals surface area contributed by atoms with E-state index in [0.29, 0.717) is 5.92 Å². The summed E-state index contributed by atoms with van der Waals surface area (Å²) in [6, 6.07) is 16.9. The molecule has 0 unspecified atom stereocenters. The molecule has 0 saturated carbocycles. The van der Waals surface area contributed by atoms with Crippen LogP contribution in [-0.2, 0) is 10.1 Å². The molecule has 166 valence electrons. The van der Waals surface area contributed by atoms with Gasteiger partial charge in [0.2, 0.25) is 0 Å². The average Bonchev–Trinajstić information content (AvgIpc) is 3.25. The van der Waals surface area contributed by atoms with Crippen LogP contribution in [0.4, 0.5) is 10.9 Å². The lowest BCUT2D eigenvalue weighted by molar-refractivity contribution is 0.483. The van der Waals surface area contributed by atoms with Crippen molar-refractivity contribution < 1.29 is 13.0 Å². The van der Waals surface area contributed by atoms with Crippen molar-refractivity contribution in [3.05, 3.63) is 71.1 Å². The Labute approximate surface area is 188 Å². The molecule has 8 heteroatoms. The minimum atomic E-state index is -4.02. The van der Waals surface area contributed by atoms with Gasteiger partial charge in [-0.3, -0.25) is 4.55 Å². The minimum Gasteiger partial charge on any atom is -0.356 e. The fraction of sp³-hybridized carbons (Fsp3) is 0.348. The van der Waals surface area contributed by atoms with Gasteiger partial charge in [-0.2, -0.15) is 8.42 Å². The van der Waals surface area contributed by atoms with Crippen molar-refractivity contribution in [1.29, 1.82) is 0 Å². The lowest BCUT2D eigenvalue weighted by Gasteiger charge is -2.32. The van der Waals surface area contributed by atoms with Crippen molar-refractivity contribution in [3.63, 3.8) is 0 Å². The Balaban J connectivity index is 0.000000210. The summed E-state index contributed by atoms with van der Waals surface area (Å²) >= 11 is 1.72. The fourth-order valence-corrected chi connectivity index (χ4v) is 4.73. The molecule has 1 aromatic heterocycles. The van der Waals surface area contributed by atoms with E-state index in [0.717, 1.165) is 29.6 Å². The molecule has 1 N–H and O–H groups in total. The number of aryl methyl sites for hydroxylation is 1. The molecule has 0 aliphatic carbocycles. The standard InChI is InChI=1S/C16H21N3S.C7H8O3S/c1-18(2)16-17-15(12-20-16)19-10-8-14(9-11-19)13-6-4-3-5-7-13;1-6-2-4-7(5-3-6)11(8,9)10/h3-7,12,14H,8-11H2,1-2H3;2-5H,1H3,(H,8,9,10). The van der Waals surface area contributed by atoms with Crippen molar-refractivity contribution in [1.82, 2.24) is 4.98 Å². The van der Waals surface area contributed by atoms with Gasteiger partial charge in [-0.05, 0) is 43.4 Å². The van der Waals surface area contributed by atoms with E-state index < -0.39 is 10.1 Å². The van der Waals surface area contributed by atoms with Crippen LogP contribution in [0.25, 0.3) is 0 Å². The number of piperidine rings is 1. The van der Waals surface area contributed by atoms with E-state index in [9.17, 15) is 8.42 Å². The smallest absolute Gasteiger partial charge is 0.294 e. The highest BCUT2D eigenvalue weighted by molar-refractivity contribution is 7.85.